The van der Waals surface area contributed by atoms with Gasteiger partial charge < -0.3 is 27.7 Å². The molecular weight excluding hydrogens is 424 g/mol. The zero-order valence-electron chi connectivity index (χ0n) is 19.5. The Hall–Kier alpha value is -4.71. The molecule has 0 saturated carbocycles. The number of ether oxygens (including phenoxy) is 1. The molecule has 0 aliphatic heterocycles. The van der Waals surface area contributed by atoms with Crippen molar-refractivity contribution in [3.63, 3.8) is 0 Å². The van der Waals surface area contributed by atoms with Gasteiger partial charge in [0.15, 0.2) is 0 Å². The van der Waals surface area contributed by atoms with Crippen molar-refractivity contribution < 1.29 is 9.53 Å². The number of rotatable bonds is 1. The van der Waals surface area contributed by atoms with Crippen molar-refractivity contribution in [3.05, 3.63) is 134 Å². The maximum atomic E-state index is 9.75. The van der Waals surface area contributed by atoms with Crippen molar-refractivity contribution in [2.24, 2.45) is 0 Å². The first-order valence-electron chi connectivity index (χ1n) is 10.3. The fraction of sp³-hybridized carbons (Fsp3) is 0.0357. The molecule has 0 atom stereocenters. The minimum atomic E-state index is -0.329. The van der Waals surface area contributed by atoms with E-state index in [4.69, 9.17) is 22.9 Å². The molecule has 0 spiro atoms. The van der Waals surface area contributed by atoms with Gasteiger partial charge in [0, 0.05) is 29.7 Å². The number of para-hydroxylation sites is 4. The van der Waals surface area contributed by atoms with Crippen molar-refractivity contribution in [2.45, 2.75) is 6.92 Å². The molecule has 0 saturated heterocycles. The Morgan fingerprint density at radius 3 is 0.824 bits per heavy atom. The minimum Gasteiger partial charge on any atom is -0.435 e. The van der Waals surface area contributed by atoms with E-state index in [1.165, 1.54) is 6.92 Å². The van der Waals surface area contributed by atoms with Crippen LogP contribution in [0.2, 0.25) is 0 Å². The standard InChI is InChI=1S/4C6H7N.C4H6O2/c4*7-6-4-2-1-3-5-6;1-3-6-4(2)5/h4*1-5H,7H2;3H,1H2,2H3. The fourth-order valence-corrected chi connectivity index (χ4v) is 1.93. The lowest BCUT2D eigenvalue weighted by Gasteiger charge is -1.83. The Morgan fingerprint density at radius 1 is 0.559 bits per heavy atom. The number of carbonyl (C=O) groups excluding carboxylic acids is 1. The van der Waals surface area contributed by atoms with Gasteiger partial charge in [-0.25, -0.2) is 0 Å². The van der Waals surface area contributed by atoms with Crippen LogP contribution in [0.3, 0.4) is 0 Å². The molecule has 0 heterocycles. The lowest BCUT2D eigenvalue weighted by atomic mass is 10.3. The highest BCUT2D eigenvalue weighted by molar-refractivity contribution is 5.66. The number of benzene rings is 4. The van der Waals surface area contributed by atoms with E-state index in [9.17, 15) is 4.79 Å². The highest BCUT2D eigenvalue weighted by Gasteiger charge is 1.79. The Kier molecular flexibility index (Phi) is 17.4. The minimum absolute atomic E-state index is 0.329. The third kappa shape index (κ3) is 20.6. The molecule has 0 amide bonds. The van der Waals surface area contributed by atoms with E-state index in [0.29, 0.717) is 0 Å². The first kappa shape index (κ1) is 29.3. The largest absolute Gasteiger partial charge is 0.435 e. The third-order valence-corrected chi connectivity index (χ3v) is 3.45. The second-order valence-corrected chi connectivity index (χ2v) is 6.42. The van der Waals surface area contributed by atoms with Gasteiger partial charge in [0.25, 0.3) is 0 Å². The average molecular weight is 459 g/mol. The number of anilines is 4. The van der Waals surface area contributed by atoms with Crippen LogP contribution in [0.25, 0.3) is 0 Å². The Balaban J connectivity index is 0.000000401. The number of nitrogen functional groups attached to an aromatic ring is 4. The molecule has 0 aromatic heterocycles. The first-order valence-corrected chi connectivity index (χ1v) is 10.3. The molecule has 4 aromatic rings. The van der Waals surface area contributed by atoms with Gasteiger partial charge in [0.1, 0.15) is 0 Å². The summed E-state index contributed by atoms with van der Waals surface area (Å²) >= 11 is 0. The van der Waals surface area contributed by atoms with E-state index >= 15 is 0 Å². The van der Waals surface area contributed by atoms with E-state index in [0.717, 1.165) is 29.0 Å². The van der Waals surface area contributed by atoms with Gasteiger partial charge in [0.05, 0.1) is 6.26 Å². The predicted molar refractivity (Wildman–Crippen MR) is 145 cm³/mol. The SMILES string of the molecule is C=COC(C)=O.Nc1ccccc1.Nc1ccccc1.Nc1ccccc1.Nc1ccccc1. The summed E-state index contributed by atoms with van der Waals surface area (Å²) in [5, 5.41) is 0. The molecular formula is C28H34N4O2. The van der Waals surface area contributed by atoms with E-state index in [1.807, 2.05) is 121 Å². The van der Waals surface area contributed by atoms with Gasteiger partial charge in [-0.15, -0.1) is 0 Å². The van der Waals surface area contributed by atoms with Crippen LogP contribution >= 0.6 is 0 Å². The molecule has 6 heteroatoms. The van der Waals surface area contributed by atoms with E-state index in [1.54, 1.807) is 0 Å². The number of hydrogen-bond donors (Lipinski definition) is 4. The van der Waals surface area contributed by atoms with Crippen molar-refractivity contribution in [1.82, 2.24) is 0 Å². The average Bonchev–Trinajstić information content (AvgIpc) is 2.83. The second kappa shape index (κ2) is 20.2. The molecule has 8 N–H and O–H groups in total. The molecule has 0 bridgehead atoms. The van der Waals surface area contributed by atoms with Crippen LogP contribution in [-0.4, -0.2) is 5.97 Å². The van der Waals surface area contributed by atoms with Crippen molar-refractivity contribution in [2.75, 3.05) is 22.9 Å². The van der Waals surface area contributed by atoms with Crippen LogP contribution in [0, 0.1) is 0 Å². The Morgan fingerprint density at radius 2 is 0.765 bits per heavy atom. The van der Waals surface area contributed by atoms with Crippen molar-refractivity contribution >= 4 is 28.7 Å². The van der Waals surface area contributed by atoms with Crippen molar-refractivity contribution in [3.8, 4) is 0 Å². The maximum absolute atomic E-state index is 9.75. The van der Waals surface area contributed by atoms with Crippen LogP contribution < -0.4 is 22.9 Å². The molecule has 0 aliphatic carbocycles. The second-order valence-electron chi connectivity index (χ2n) is 6.42. The molecule has 0 aliphatic rings. The summed E-state index contributed by atoms with van der Waals surface area (Å²) in [5.74, 6) is -0.329. The zero-order chi connectivity index (χ0) is 25.4. The molecule has 6 nitrogen and oxygen atoms in total. The van der Waals surface area contributed by atoms with Crippen LogP contribution in [0.5, 0.6) is 0 Å². The summed E-state index contributed by atoms with van der Waals surface area (Å²) in [5.41, 5.74) is 24.7. The van der Waals surface area contributed by atoms with Gasteiger partial charge in [-0.3, -0.25) is 4.79 Å². The summed E-state index contributed by atoms with van der Waals surface area (Å²) in [4.78, 5) is 9.75. The lowest BCUT2D eigenvalue weighted by molar-refractivity contribution is -0.135. The van der Waals surface area contributed by atoms with Gasteiger partial charge in [-0.05, 0) is 48.5 Å². The smallest absolute Gasteiger partial charge is 0.307 e. The number of hydrogen-bond acceptors (Lipinski definition) is 6. The Labute approximate surface area is 202 Å². The molecule has 0 fully saturated rings. The van der Waals surface area contributed by atoms with Crippen LogP contribution in [0.4, 0.5) is 22.7 Å². The predicted octanol–water partition coefficient (Wildman–Crippen LogP) is 5.77. The third-order valence-electron chi connectivity index (χ3n) is 3.45. The van der Waals surface area contributed by atoms with Gasteiger partial charge in [-0.2, -0.15) is 0 Å². The first-order chi connectivity index (χ1) is 16.3. The van der Waals surface area contributed by atoms with Gasteiger partial charge >= 0.3 is 5.97 Å². The number of esters is 1. The zero-order valence-corrected chi connectivity index (χ0v) is 19.5. The molecule has 0 radical (unpaired) electrons. The molecule has 4 aromatic carbocycles. The van der Waals surface area contributed by atoms with E-state index in [-0.39, 0.29) is 5.97 Å². The van der Waals surface area contributed by atoms with E-state index < -0.39 is 0 Å². The molecule has 34 heavy (non-hydrogen) atoms. The monoisotopic (exact) mass is 458 g/mol. The van der Waals surface area contributed by atoms with Crippen LogP contribution in [0.15, 0.2) is 134 Å². The molecule has 4 rings (SSSR count). The molecule has 0 unspecified atom stereocenters. The summed E-state index contributed by atoms with van der Waals surface area (Å²) in [6.07, 6.45) is 1.10. The molecule has 178 valence electrons. The lowest BCUT2D eigenvalue weighted by Crippen LogP contribution is -1.87. The quantitative estimate of drug-likeness (QED) is 0.163. The summed E-state index contributed by atoms with van der Waals surface area (Å²) in [6, 6.07) is 37.9. The number of carbonyl (C=O) groups is 1. The number of nitrogens with two attached hydrogens (primary N) is 4. The van der Waals surface area contributed by atoms with Crippen LogP contribution in [0.1, 0.15) is 6.92 Å². The fourth-order valence-electron chi connectivity index (χ4n) is 1.93. The normalized spacial score (nSPS) is 8.26. The van der Waals surface area contributed by atoms with E-state index in [2.05, 4.69) is 11.3 Å². The summed E-state index contributed by atoms with van der Waals surface area (Å²) in [7, 11) is 0. The summed E-state index contributed by atoms with van der Waals surface area (Å²) < 4.78 is 4.17. The van der Waals surface area contributed by atoms with Crippen LogP contribution in [-0.2, 0) is 9.53 Å². The highest BCUT2D eigenvalue weighted by atomic mass is 16.5. The van der Waals surface area contributed by atoms with Gasteiger partial charge in [0.2, 0.25) is 0 Å². The summed E-state index contributed by atoms with van der Waals surface area (Å²) in [6.45, 7) is 4.48. The highest BCUT2D eigenvalue weighted by Crippen LogP contribution is 1.97. The van der Waals surface area contributed by atoms with Crippen molar-refractivity contribution in [1.29, 1.82) is 0 Å². The Bertz CT molecular complexity index is 848. The van der Waals surface area contributed by atoms with Gasteiger partial charge in [-0.1, -0.05) is 79.4 Å². The maximum Gasteiger partial charge on any atom is 0.307 e. The topological polar surface area (TPSA) is 130 Å².